The SMILES string of the molecule is C[C@H](N)c1cc2cccc(C(F)(F)F)c2c(=O)n1-c1ccccc1.C[C@H](Nc1nc(N)ncc1Br)c1cc2cccc(C(F)(F)F)c2c(=O)n1-c1ccccc1.Cc1cccc(-c2cnc(N)nc2N[C@@H](C)c2cc3cccc(C(F)(F)F)c3c(=O)n2-c2ccccc2)c1.Cc1cccc(B(O)O)c1.Nc1ncc(Br)c(Cl)n1.O=S=O.O=S=O. The Labute approximate surface area is 700 Å². The molecule has 39 heteroatoms. The maximum Gasteiger partial charge on any atom is 0.488 e. The van der Waals surface area contributed by atoms with Crippen LogP contribution in [0.1, 0.15) is 83.8 Å². The molecule has 6 heterocycles. The zero-order valence-corrected chi connectivity index (χ0v) is 68.2. The number of benzene rings is 8. The van der Waals surface area contributed by atoms with Crippen LogP contribution in [0.25, 0.3) is 60.5 Å². The number of rotatable bonds is 12. The number of para-hydroxylation sites is 3. The van der Waals surface area contributed by atoms with E-state index >= 15 is 0 Å². The minimum Gasteiger partial charge on any atom is -0.423 e. The molecule has 14 rings (SSSR count). The highest BCUT2D eigenvalue weighted by Crippen LogP contribution is 2.39. The van der Waals surface area contributed by atoms with E-state index in [1.165, 1.54) is 62.5 Å². The van der Waals surface area contributed by atoms with Crippen LogP contribution in [0.2, 0.25) is 5.15 Å². The summed E-state index contributed by atoms with van der Waals surface area (Å²) < 4.78 is 161. The molecule has 24 nitrogen and oxygen atoms in total. The lowest BCUT2D eigenvalue weighted by Gasteiger charge is -2.23. The molecule has 0 spiro atoms. The Morgan fingerprint density at radius 3 is 1.13 bits per heavy atom. The molecule has 0 radical (unpaired) electrons. The van der Waals surface area contributed by atoms with E-state index in [4.69, 9.17) is 61.4 Å². The van der Waals surface area contributed by atoms with Gasteiger partial charge in [-0.3, -0.25) is 28.1 Å². The fourth-order valence-corrected chi connectivity index (χ4v) is 12.7. The first-order chi connectivity index (χ1) is 56.3. The highest BCUT2D eigenvalue weighted by Gasteiger charge is 2.37. The van der Waals surface area contributed by atoms with Crippen molar-refractivity contribution in [1.82, 2.24) is 43.6 Å². The monoisotopic (exact) mass is 1820 g/mol. The van der Waals surface area contributed by atoms with Gasteiger partial charge in [0.1, 0.15) is 16.8 Å². The molecule has 14 aromatic rings. The van der Waals surface area contributed by atoms with Crippen LogP contribution in [-0.2, 0) is 41.7 Å². The first-order valence-corrected chi connectivity index (χ1v) is 38.0. The lowest BCUT2D eigenvalue weighted by atomic mass is 9.80. The molecule has 0 amide bonds. The lowest BCUT2D eigenvalue weighted by molar-refractivity contribution is -0.137. The minimum atomic E-state index is -4.68. The molecule has 12 N–H and O–H groups in total. The molecule has 0 aliphatic heterocycles. The van der Waals surface area contributed by atoms with E-state index < -0.39 is 100 Å². The Hall–Kier alpha value is -12.2. The number of halogens is 12. The van der Waals surface area contributed by atoms with Crippen molar-refractivity contribution in [2.45, 2.75) is 71.3 Å². The smallest absolute Gasteiger partial charge is 0.423 e. The molecule has 616 valence electrons. The van der Waals surface area contributed by atoms with Crippen molar-refractivity contribution in [3.63, 3.8) is 0 Å². The molecule has 6 aromatic heterocycles. The van der Waals surface area contributed by atoms with Gasteiger partial charge in [-0.15, -0.1) is 0 Å². The zero-order chi connectivity index (χ0) is 87.4. The maximum absolute atomic E-state index is 13.9. The second-order valence-corrected chi connectivity index (χ2v) is 27.9. The number of aryl methyl sites for hydroxylation is 2. The molecule has 0 bridgehead atoms. The Morgan fingerprint density at radius 2 is 0.782 bits per heavy atom. The van der Waals surface area contributed by atoms with Gasteiger partial charge in [0, 0.05) is 64.3 Å². The number of nitrogens with two attached hydrogens (primary N) is 4. The van der Waals surface area contributed by atoms with Gasteiger partial charge in [-0.1, -0.05) is 162 Å². The summed E-state index contributed by atoms with van der Waals surface area (Å²) in [5.74, 6) is 1.12. The fourth-order valence-electron chi connectivity index (χ4n) is 12.1. The second kappa shape index (κ2) is 41.3. The summed E-state index contributed by atoms with van der Waals surface area (Å²) in [6.07, 6.45) is -9.35. The van der Waals surface area contributed by atoms with Gasteiger partial charge in [-0.05, 0) is 166 Å². The number of hydrogen-bond acceptors (Lipinski definition) is 21. The van der Waals surface area contributed by atoms with Crippen molar-refractivity contribution in [2.75, 3.05) is 27.8 Å². The summed E-state index contributed by atoms with van der Waals surface area (Å²) in [7, 11) is -1.35. The van der Waals surface area contributed by atoms with Gasteiger partial charge in [-0.25, -0.2) is 19.9 Å². The van der Waals surface area contributed by atoms with Crippen molar-refractivity contribution >= 4 is 141 Å². The molecule has 0 unspecified atom stereocenters. The Kier molecular flexibility index (Phi) is 32.0. The lowest BCUT2D eigenvalue weighted by Crippen LogP contribution is -2.29. The van der Waals surface area contributed by atoms with Gasteiger partial charge in [0.25, 0.3) is 16.7 Å². The van der Waals surface area contributed by atoms with Gasteiger partial charge >= 0.3 is 48.8 Å². The first-order valence-electron chi connectivity index (χ1n) is 34.7. The Bertz CT molecular complexity index is 6190. The van der Waals surface area contributed by atoms with Crippen LogP contribution in [0.4, 0.5) is 69.0 Å². The average Bonchev–Trinajstić information content (AvgIpc) is 0.735. The fraction of sp³-hybridized carbons (Fsp3) is 0.138. The van der Waals surface area contributed by atoms with Crippen LogP contribution in [0.15, 0.2) is 254 Å². The normalized spacial score (nSPS) is 11.8. The van der Waals surface area contributed by atoms with Crippen molar-refractivity contribution < 1.29 is 66.4 Å². The highest BCUT2D eigenvalue weighted by atomic mass is 79.9. The number of hydrogen-bond donors (Lipinski definition) is 8. The van der Waals surface area contributed by atoms with Gasteiger partial charge in [0.15, 0.2) is 0 Å². The van der Waals surface area contributed by atoms with E-state index in [-0.39, 0.29) is 50.2 Å². The largest absolute Gasteiger partial charge is 0.488 e. The van der Waals surface area contributed by atoms with Crippen LogP contribution >= 0.6 is 43.5 Å². The maximum atomic E-state index is 13.9. The number of anilines is 5. The number of alkyl halides is 9. The van der Waals surface area contributed by atoms with Crippen LogP contribution in [0.5, 0.6) is 0 Å². The summed E-state index contributed by atoms with van der Waals surface area (Å²) in [4.78, 5) is 64.1. The molecule has 0 aliphatic rings. The third kappa shape index (κ3) is 23.8. The highest BCUT2D eigenvalue weighted by molar-refractivity contribution is 9.11. The molecular formula is C80H68BBr2ClF9N15O9S2. The topological polar surface area (TPSA) is 380 Å². The van der Waals surface area contributed by atoms with E-state index in [2.05, 4.69) is 72.4 Å². The van der Waals surface area contributed by atoms with Crippen molar-refractivity contribution in [1.29, 1.82) is 0 Å². The van der Waals surface area contributed by atoms with E-state index in [1.54, 1.807) is 147 Å². The third-order valence-electron chi connectivity index (χ3n) is 17.2. The second-order valence-electron chi connectivity index (χ2n) is 25.5. The van der Waals surface area contributed by atoms with Gasteiger partial charge in [0.2, 0.25) is 17.8 Å². The Morgan fingerprint density at radius 1 is 0.445 bits per heavy atom. The number of nitrogen functional groups attached to an aromatic ring is 3. The predicted molar refractivity (Wildman–Crippen MR) is 449 cm³/mol. The molecule has 3 atom stereocenters. The van der Waals surface area contributed by atoms with Crippen molar-refractivity contribution in [3.8, 4) is 28.2 Å². The quantitative estimate of drug-likeness (QED) is 0.0320. The minimum absolute atomic E-state index is 0.0525. The van der Waals surface area contributed by atoms with E-state index in [0.717, 1.165) is 34.9 Å². The molecule has 119 heavy (non-hydrogen) atoms. The summed E-state index contributed by atoms with van der Waals surface area (Å²) in [5, 5.41) is 23.7. The van der Waals surface area contributed by atoms with E-state index in [9.17, 15) is 53.9 Å². The number of pyridine rings is 3. The van der Waals surface area contributed by atoms with Crippen LogP contribution in [0, 0.1) is 13.8 Å². The predicted octanol–water partition coefficient (Wildman–Crippen LogP) is 15.7. The van der Waals surface area contributed by atoms with Crippen molar-refractivity contribution in [2.24, 2.45) is 5.73 Å². The average molecular weight is 1820 g/mol. The molecular weight excluding hydrogens is 1760 g/mol. The number of nitrogens with zero attached hydrogens (tertiary/aromatic N) is 9. The van der Waals surface area contributed by atoms with Gasteiger partial charge in [-0.2, -0.15) is 66.3 Å². The first kappa shape index (κ1) is 92.3. The zero-order valence-electron chi connectivity index (χ0n) is 62.7. The molecule has 0 aliphatic carbocycles. The molecule has 0 saturated heterocycles. The Balaban J connectivity index is 0.000000196. The van der Waals surface area contributed by atoms with Gasteiger partial charge in [0.05, 0.1) is 53.9 Å². The van der Waals surface area contributed by atoms with Crippen LogP contribution < -0.4 is 55.7 Å². The third-order valence-corrected chi connectivity index (χ3v) is 18.9. The summed E-state index contributed by atoms with van der Waals surface area (Å²) in [6, 6.07) is 54.8. The molecule has 8 aromatic carbocycles. The number of nitrogens with one attached hydrogen (secondary N) is 2. The molecule has 0 saturated carbocycles. The van der Waals surface area contributed by atoms with Gasteiger partial charge < -0.3 is 43.6 Å². The molecule has 0 fully saturated rings. The van der Waals surface area contributed by atoms with Crippen LogP contribution in [0.3, 0.4) is 0 Å². The van der Waals surface area contributed by atoms with E-state index in [1.807, 2.05) is 51.1 Å². The summed E-state index contributed by atoms with van der Waals surface area (Å²) in [5.41, 5.74) is 24.5. The number of fused-ring (bicyclic) bond motifs is 3. The van der Waals surface area contributed by atoms with Crippen LogP contribution in [-0.4, -0.2) is 77.6 Å². The van der Waals surface area contributed by atoms with Crippen molar-refractivity contribution in [3.05, 3.63) is 321 Å². The number of aromatic nitrogens is 9. The summed E-state index contributed by atoms with van der Waals surface area (Å²) >= 11 is 10.5. The summed E-state index contributed by atoms with van der Waals surface area (Å²) in [6.45, 7) is 9.16. The van der Waals surface area contributed by atoms with E-state index in [0.29, 0.717) is 70.9 Å². The standard InChI is InChI=1S/C29H24F3N5O.C22H17BrF3N5O.C18H15F3N2O.C7H9BO2.C4H3BrClN3.2O2S/c1-17-8-6-9-19(14-17)22-16-34-28(33)36-26(22)35-18(2)24-15-20-10-7-13-23(29(30,31)32)25(20)27(38)37(24)21-11-4-3-5-12-21;1-12(29-19-16(23)11-28-21(27)30-19)17-10-13-6-5-9-15(22(24,25)26)18(13)20(32)31(17)14-7-3-2-4-8-14;1-11(22)15-10-12-6-5-9-14(18(19,20)21)16(12)17(24)23(15)13-7-3-2-4-8-13;1-6-3-2-4-7(5-6)8(9)10;5-2-1-8-4(7)9-3(2)6;2*1-3-2/h3-16,18H,1-2H3,(H3,33,34,35,36);2-12H,1H3,(H3,27,28,29,30);2-11H,22H2,1H3;2-5,9-10H,1H3;1H,(H2,7,8,9);;/t18-;12-;11-;;;;/m000..../s1.